The van der Waals surface area contributed by atoms with Gasteiger partial charge in [-0.15, -0.1) is 0 Å². The molecule has 1 aromatic heterocycles. The molecule has 7 heteroatoms. The summed E-state index contributed by atoms with van der Waals surface area (Å²) in [6, 6.07) is 10.6. The minimum Gasteiger partial charge on any atom is -0.349 e. The summed E-state index contributed by atoms with van der Waals surface area (Å²) in [5.41, 5.74) is 2.17. The van der Waals surface area contributed by atoms with E-state index in [0.717, 1.165) is 28.8 Å². The van der Waals surface area contributed by atoms with Crippen LogP contribution in [0.15, 0.2) is 47.6 Å². The number of carbonyl (C=O) groups is 1. The molecule has 0 saturated heterocycles. The van der Waals surface area contributed by atoms with Gasteiger partial charge in [-0.05, 0) is 32.0 Å². The van der Waals surface area contributed by atoms with Crippen molar-refractivity contribution in [3.8, 4) is 0 Å². The van der Waals surface area contributed by atoms with E-state index in [-0.39, 0.29) is 17.2 Å². The van der Waals surface area contributed by atoms with Crippen LogP contribution >= 0.6 is 11.8 Å². The van der Waals surface area contributed by atoms with Crippen LogP contribution in [0.1, 0.15) is 25.5 Å². The highest BCUT2D eigenvalue weighted by molar-refractivity contribution is 7.99. The van der Waals surface area contributed by atoms with Crippen LogP contribution in [-0.2, 0) is 11.3 Å². The average molecular weight is 375 g/mol. The van der Waals surface area contributed by atoms with E-state index in [4.69, 9.17) is 0 Å². The number of aromatic nitrogens is 2. The highest BCUT2D eigenvalue weighted by atomic mass is 32.2. The Morgan fingerprint density at radius 2 is 2.04 bits per heavy atom. The number of hydrogen-bond acceptors (Lipinski definition) is 3. The van der Waals surface area contributed by atoms with Gasteiger partial charge in [0.2, 0.25) is 5.91 Å². The molecular formula is C19H19F2N3OS. The Bertz CT molecular complexity index is 942. The van der Waals surface area contributed by atoms with Gasteiger partial charge in [0.1, 0.15) is 11.6 Å². The van der Waals surface area contributed by atoms with Crippen molar-refractivity contribution >= 4 is 28.7 Å². The maximum absolute atomic E-state index is 13.8. The third-order valence-electron chi connectivity index (χ3n) is 4.07. The molecule has 0 aliphatic heterocycles. The fourth-order valence-electron chi connectivity index (χ4n) is 2.81. The highest BCUT2D eigenvalue weighted by Gasteiger charge is 2.16. The molecule has 0 bridgehead atoms. The number of aryl methyl sites for hydroxylation is 1. The van der Waals surface area contributed by atoms with Gasteiger partial charge in [0.25, 0.3) is 0 Å². The monoisotopic (exact) mass is 375 g/mol. The molecule has 1 amide bonds. The van der Waals surface area contributed by atoms with Crippen LogP contribution in [0.2, 0.25) is 0 Å². The topological polar surface area (TPSA) is 46.9 Å². The predicted octanol–water partition coefficient (Wildman–Crippen LogP) is 4.30. The van der Waals surface area contributed by atoms with Crippen LogP contribution < -0.4 is 5.32 Å². The zero-order chi connectivity index (χ0) is 18.7. The average Bonchev–Trinajstić information content (AvgIpc) is 2.97. The Balaban J connectivity index is 1.65. The first kappa shape index (κ1) is 18.4. The second kappa shape index (κ2) is 7.86. The molecule has 1 N–H and O–H groups in total. The molecule has 2 aromatic carbocycles. The zero-order valence-electron chi connectivity index (χ0n) is 14.5. The van der Waals surface area contributed by atoms with E-state index in [1.54, 1.807) is 6.92 Å². The van der Waals surface area contributed by atoms with Gasteiger partial charge in [0, 0.05) is 18.2 Å². The van der Waals surface area contributed by atoms with Crippen molar-refractivity contribution in [1.29, 1.82) is 0 Å². The molecule has 0 aliphatic rings. The van der Waals surface area contributed by atoms with Crippen molar-refractivity contribution in [2.24, 2.45) is 0 Å². The molecule has 3 rings (SSSR count). The highest BCUT2D eigenvalue weighted by Crippen LogP contribution is 2.24. The van der Waals surface area contributed by atoms with Crippen molar-refractivity contribution in [1.82, 2.24) is 14.9 Å². The van der Waals surface area contributed by atoms with E-state index < -0.39 is 17.7 Å². The first-order valence-corrected chi connectivity index (χ1v) is 9.30. The number of nitrogens with zero attached hydrogens (tertiary/aromatic N) is 2. The fraction of sp³-hybridized carbons (Fsp3) is 0.263. The molecule has 26 heavy (non-hydrogen) atoms. The van der Waals surface area contributed by atoms with Crippen molar-refractivity contribution in [3.05, 3.63) is 59.7 Å². The summed E-state index contributed by atoms with van der Waals surface area (Å²) in [5, 5.41) is 3.51. The molecule has 1 atom stereocenters. The molecule has 0 spiro atoms. The number of carbonyl (C=O) groups excluding carboxylic acids is 1. The Morgan fingerprint density at radius 1 is 1.27 bits per heavy atom. The minimum absolute atomic E-state index is 0.163. The van der Waals surface area contributed by atoms with Gasteiger partial charge in [-0.25, -0.2) is 13.8 Å². The quantitative estimate of drug-likeness (QED) is 0.654. The summed E-state index contributed by atoms with van der Waals surface area (Å²) in [6.07, 6.45) is 0. The summed E-state index contributed by atoms with van der Waals surface area (Å²) < 4.78 is 28.9. The third-order valence-corrected chi connectivity index (χ3v) is 5.05. The first-order valence-electron chi connectivity index (χ1n) is 8.32. The molecule has 0 fully saturated rings. The SMILES string of the molecule is CCn1c(SCC(=O)NC(C)c2ccc(F)cc2F)nc2ccccc21. The molecule has 3 aromatic rings. The van der Waals surface area contributed by atoms with Crippen LogP contribution in [0.3, 0.4) is 0 Å². The number of amides is 1. The third kappa shape index (κ3) is 3.88. The lowest BCUT2D eigenvalue weighted by Crippen LogP contribution is -2.28. The lowest BCUT2D eigenvalue weighted by Gasteiger charge is -2.15. The number of rotatable bonds is 6. The summed E-state index contributed by atoms with van der Waals surface area (Å²) in [7, 11) is 0. The molecule has 0 saturated carbocycles. The lowest BCUT2D eigenvalue weighted by atomic mass is 10.1. The first-order chi connectivity index (χ1) is 12.5. The molecule has 1 unspecified atom stereocenters. The van der Waals surface area contributed by atoms with Gasteiger partial charge in [-0.3, -0.25) is 4.79 Å². The molecular weight excluding hydrogens is 356 g/mol. The summed E-state index contributed by atoms with van der Waals surface area (Å²) >= 11 is 1.34. The molecule has 136 valence electrons. The van der Waals surface area contributed by atoms with Gasteiger partial charge in [-0.1, -0.05) is 30.0 Å². The van der Waals surface area contributed by atoms with E-state index in [9.17, 15) is 13.6 Å². The van der Waals surface area contributed by atoms with Crippen molar-refractivity contribution in [3.63, 3.8) is 0 Å². The van der Waals surface area contributed by atoms with Crippen molar-refractivity contribution < 1.29 is 13.6 Å². The Kier molecular flexibility index (Phi) is 5.56. The van der Waals surface area contributed by atoms with Crippen LogP contribution in [0.4, 0.5) is 8.78 Å². The minimum atomic E-state index is -0.668. The fourth-order valence-corrected chi connectivity index (χ4v) is 3.70. The smallest absolute Gasteiger partial charge is 0.230 e. The lowest BCUT2D eigenvalue weighted by molar-refractivity contribution is -0.119. The van der Waals surface area contributed by atoms with Crippen LogP contribution in [0.5, 0.6) is 0 Å². The van der Waals surface area contributed by atoms with Crippen molar-refractivity contribution in [2.75, 3.05) is 5.75 Å². The van der Waals surface area contributed by atoms with Gasteiger partial charge in [-0.2, -0.15) is 0 Å². The van der Waals surface area contributed by atoms with Crippen LogP contribution in [-0.4, -0.2) is 21.2 Å². The number of nitrogens with one attached hydrogen (secondary N) is 1. The number of fused-ring (bicyclic) bond motifs is 1. The zero-order valence-corrected chi connectivity index (χ0v) is 15.3. The summed E-state index contributed by atoms with van der Waals surface area (Å²) in [5.74, 6) is -1.38. The normalized spacial score (nSPS) is 12.3. The summed E-state index contributed by atoms with van der Waals surface area (Å²) in [4.78, 5) is 16.8. The van der Waals surface area contributed by atoms with Crippen LogP contribution in [0.25, 0.3) is 11.0 Å². The largest absolute Gasteiger partial charge is 0.349 e. The van der Waals surface area contributed by atoms with Gasteiger partial charge >= 0.3 is 0 Å². The molecule has 1 heterocycles. The standard InChI is InChI=1S/C19H19F2N3OS/c1-3-24-17-7-5-4-6-16(17)23-19(24)26-11-18(25)22-12(2)14-9-8-13(20)10-15(14)21/h4-10,12H,3,11H2,1-2H3,(H,22,25). The van der Waals surface area contributed by atoms with E-state index in [1.807, 2.05) is 31.2 Å². The molecule has 4 nitrogen and oxygen atoms in total. The van der Waals surface area contributed by atoms with Gasteiger partial charge in [0.05, 0.1) is 22.8 Å². The maximum atomic E-state index is 13.8. The second-order valence-corrected chi connectivity index (χ2v) is 6.81. The summed E-state index contributed by atoms with van der Waals surface area (Å²) in [6.45, 7) is 4.44. The van der Waals surface area contributed by atoms with E-state index in [2.05, 4.69) is 14.9 Å². The Hall–Kier alpha value is -2.41. The Morgan fingerprint density at radius 3 is 2.77 bits per heavy atom. The molecule has 0 aliphatic carbocycles. The predicted molar refractivity (Wildman–Crippen MR) is 99.0 cm³/mol. The van der Waals surface area contributed by atoms with Gasteiger partial charge in [0.15, 0.2) is 5.16 Å². The Labute approximate surface area is 154 Å². The number of hydrogen-bond donors (Lipinski definition) is 1. The van der Waals surface area contributed by atoms with Crippen molar-refractivity contribution in [2.45, 2.75) is 31.6 Å². The van der Waals surface area contributed by atoms with Gasteiger partial charge < -0.3 is 9.88 Å². The maximum Gasteiger partial charge on any atom is 0.230 e. The number of thioether (sulfide) groups is 1. The second-order valence-electron chi connectivity index (χ2n) is 5.87. The van der Waals surface area contributed by atoms with E-state index in [1.165, 1.54) is 23.9 Å². The molecule has 0 radical (unpaired) electrons. The number of para-hydroxylation sites is 2. The number of halogens is 2. The van der Waals surface area contributed by atoms with Crippen LogP contribution in [0, 0.1) is 11.6 Å². The van der Waals surface area contributed by atoms with E-state index in [0.29, 0.717) is 0 Å². The number of imidazole rings is 1. The number of benzene rings is 2. The van der Waals surface area contributed by atoms with E-state index >= 15 is 0 Å².